The predicted octanol–water partition coefficient (Wildman–Crippen LogP) is 1.53. The molecule has 1 unspecified atom stereocenters. The van der Waals surface area contributed by atoms with Gasteiger partial charge in [0.05, 0.1) is 5.69 Å². The van der Waals surface area contributed by atoms with Gasteiger partial charge >= 0.3 is 0 Å². The molecular formula is C11H17N3. The van der Waals surface area contributed by atoms with Crippen molar-refractivity contribution < 1.29 is 0 Å². The van der Waals surface area contributed by atoms with Crippen molar-refractivity contribution in [3.63, 3.8) is 0 Å². The maximum atomic E-state index is 5.57. The van der Waals surface area contributed by atoms with E-state index in [4.69, 9.17) is 5.73 Å². The Morgan fingerprint density at radius 1 is 1.57 bits per heavy atom. The predicted molar refractivity (Wildman–Crippen MR) is 58.2 cm³/mol. The van der Waals surface area contributed by atoms with Crippen molar-refractivity contribution in [3.05, 3.63) is 23.9 Å². The molecule has 1 aromatic heterocycles. The highest BCUT2D eigenvalue weighted by Crippen LogP contribution is 2.23. The van der Waals surface area contributed by atoms with Crippen LogP contribution in [0.1, 0.15) is 25.5 Å². The normalized spacial score (nSPS) is 21.6. The van der Waals surface area contributed by atoms with Crippen LogP contribution < -0.4 is 10.6 Å². The summed E-state index contributed by atoms with van der Waals surface area (Å²) < 4.78 is 0. The molecule has 1 atom stereocenters. The molecule has 1 aliphatic heterocycles. The van der Waals surface area contributed by atoms with Crippen molar-refractivity contribution >= 4 is 5.82 Å². The van der Waals surface area contributed by atoms with Crippen molar-refractivity contribution in [2.45, 2.75) is 32.4 Å². The fraction of sp³-hybridized carbons (Fsp3) is 0.545. The van der Waals surface area contributed by atoms with Gasteiger partial charge in [0.25, 0.3) is 0 Å². The molecule has 2 heterocycles. The van der Waals surface area contributed by atoms with Crippen LogP contribution in [0, 0.1) is 0 Å². The molecule has 0 saturated carbocycles. The molecule has 2 N–H and O–H groups in total. The first-order valence-corrected chi connectivity index (χ1v) is 5.24. The summed E-state index contributed by atoms with van der Waals surface area (Å²) in [6.07, 6.45) is 2.55. The highest BCUT2D eigenvalue weighted by atomic mass is 15.2. The van der Waals surface area contributed by atoms with Gasteiger partial charge in [-0.2, -0.15) is 0 Å². The van der Waals surface area contributed by atoms with Gasteiger partial charge < -0.3 is 10.6 Å². The van der Waals surface area contributed by atoms with E-state index in [0.29, 0.717) is 12.6 Å². The average molecular weight is 191 g/mol. The van der Waals surface area contributed by atoms with Crippen LogP contribution >= 0.6 is 0 Å². The van der Waals surface area contributed by atoms with E-state index in [1.165, 1.54) is 12.8 Å². The maximum absolute atomic E-state index is 5.57. The van der Waals surface area contributed by atoms with Crippen molar-refractivity contribution in [2.24, 2.45) is 5.73 Å². The van der Waals surface area contributed by atoms with E-state index in [-0.39, 0.29) is 0 Å². The van der Waals surface area contributed by atoms with Gasteiger partial charge in [0.15, 0.2) is 0 Å². The zero-order chi connectivity index (χ0) is 9.97. The average Bonchev–Trinajstić information content (AvgIpc) is 2.65. The van der Waals surface area contributed by atoms with Gasteiger partial charge in [0, 0.05) is 19.1 Å². The fourth-order valence-corrected chi connectivity index (χ4v) is 2.01. The van der Waals surface area contributed by atoms with Crippen LogP contribution in [-0.2, 0) is 6.54 Å². The topological polar surface area (TPSA) is 42.1 Å². The first-order valence-electron chi connectivity index (χ1n) is 5.24. The minimum Gasteiger partial charge on any atom is -0.354 e. The Kier molecular flexibility index (Phi) is 2.68. The van der Waals surface area contributed by atoms with Crippen LogP contribution in [-0.4, -0.2) is 17.6 Å². The minimum absolute atomic E-state index is 0.524. The highest BCUT2D eigenvalue weighted by molar-refractivity contribution is 5.41. The number of pyridine rings is 1. The number of rotatable bonds is 2. The summed E-state index contributed by atoms with van der Waals surface area (Å²) in [5.74, 6) is 1.08. The Balaban J connectivity index is 2.22. The van der Waals surface area contributed by atoms with Crippen LogP contribution in [0.25, 0.3) is 0 Å². The lowest BCUT2D eigenvalue weighted by Crippen LogP contribution is -2.27. The van der Waals surface area contributed by atoms with Crippen LogP contribution in [0.15, 0.2) is 18.2 Å². The van der Waals surface area contributed by atoms with Crippen LogP contribution in [0.2, 0.25) is 0 Å². The number of nitrogens with two attached hydrogens (primary N) is 1. The summed E-state index contributed by atoms with van der Waals surface area (Å²) in [6.45, 7) is 3.90. The van der Waals surface area contributed by atoms with Gasteiger partial charge in [-0.25, -0.2) is 4.98 Å². The number of nitrogens with zero attached hydrogens (tertiary/aromatic N) is 2. The van der Waals surface area contributed by atoms with E-state index in [9.17, 15) is 0 Å². The summed E-state index contributed by atoms with van der Waals surface area (Å²) >= 11 is 0. The quantitative estimate of drug-likeness (QED) is 0.770. The van der Waals surface area contributed by atoms with E-state index in [0.717, 1.165) is 18.1 Å². The molecule has 2 rings (SSSR count). The van der Waals surface area contributed by atoms with Crippen molar-refractivity contribution in [1.82, 2.24) is 4.98 Å². The van der Waals surface area contributed by atoms with Crippen LogP contribution in [0.4, 0.5) is 5.82 Å². The molecule has 1 aliphatic rings. The van der Waals surface area contributed by atoms with Gasteiger partial charge in [-0.15, -0.1) is 0 Å². The Labute approximate surface area is 84.9 Å². The van der Waals surface area contributed by atoms with E-state index in [1.54, 1.807) is 0 Å². The summed E-state index contributed by atoms with van der Waals surface area (Å²) in [4.78, 5) is 6.88. The Hall–Kier alpha value is -1.09. The van der Waals surface area contributed by atoms with Gasteiger partial charge in [-0.1, -0.05) is 6.07 Å². The molecular weight excluding hydrogens is 174 g/mol. The molecule has 1 aromatic rings. The van der Waals surface area contributed by atoms with Crippen LogP contribution in [0.5, 0.6) is 0 Å². The molecule has 3 heteroatoms. The number of aromatic nitrogens is 1. The SMILES string of the molecule is CC1CCCN1c1cccc(CN)n1. The second kappa shape index (κ2) is 3.96. The molecule has 0 bridgehead atoms. The van der Waals surface area contributed by atoms with Gasteiger partial charge in [0.1, 0.15) is 5.82 Å². The summed E-state index contributed by atoms with van der Waals surface area (Å²) in [6, 6.07) is 6.70. The molecule has 1 fully saturated rings. The molecule has 0 amide bonds. The number of hydrogen-bond acceptors (Lipinski definition) is 3. The third-order valence-corrected chi connectivity index (χ3v) is 2.85. The minimum atomic E-state index is 0.524. The lowest BCUT2D eigenvalue weighted by atomic mass is 10.2. The monoisotopic (exact) mass is 191 g/mol. The third-order valence-electron chi connectivity index (χ3n) is 2.85. The van der Waals surface area contributed by atoms with E-state index in [1.807, 2.05) is 12.1 Å². The zero-order valence-electron chi connectivity index (χ0n) is 8.61. The fourth-order valence-electron chi connectivity index (χ4n) is 2.01. The van der Waals surface area contributed by atoms with Gasteiger partial charge in [-0.3, -0.25) is 0 Å². The first-order chi connectivity index (χ1) is 6.81. The van der Waals surface area contributed by atoms with E-state index >= 15 is 0 Å². The lowest BCUT2D eigenvalue weighted by Gasteiger charge is -2.22. The number of anilines is 1. The Morgan fingerprint density at radius 2 is 2.43 bits per heavy atom. The molecule has 76 valence electrons. The first kappa shape index (κ1) is 9.46. The lowest BCUT2D eigenvalue weighted by molar-refractivity contribution is 0.725. The highest BCUT2D eigenvalue weighted by Gasteiger charge is 2.21. The van der Waals surface area contributed by atoms with Gasteiger partial charge in [0.2, 0.25) is 0 Å². The van der Waals surface area contributed by atoms with E-state index < -0.39 is 0 Å². The number of hydrogen-bond donors (Lipinski definition) is 1. The smallest absolute Gasteiger partial charge is 0.129 e. The molecule has 0 aliphatic carbocycles. The molecule has 0 spiro atoms. The molecule has 0 radical (unpaired) electrons. The van der Waals surface area contributed by atoms with Crippen LogP contribution in [0.3, 0.4) is 0 Å². The molecule has 0 aromatic carbocycles. The summed E-state index contributed by atoms with van der Waals surface area (Å²) in [7, 11) is 0. The molecule has 3 nitrogen and oxygen atoms in total. The second-order valence-electron chi connectivity index (χ2n) is 3.88. The van der Waals surface area contributed by atoms with Crippen molar-refractivity contribution in [1.29, 1.82) is 0 Å². The maximum Gasteiger partial charge on any atom is 0.129 e. The largest absolute Gasteiger partial charge is 0.354 e. The Morgan fingerprint density at radius 3 is 3.07 bits per heavy atom. The van der Waals surface area contributed by atoms with Crippen molar-refractivity contribution in [2.75, 3.05) is 11.4 Å². The second-order valence-corrected chi connectivity index (χ2v) is 3.88. The van der Waals surface area contributed by atoms with Crippen molar-refractivity contribution in [3.8, 4) is 0 Å². The zero-order valence-corrected chi connectivity index (χ0v) is 8.61. The van der Waals surface area contributed by atoms with E-state index in [2.05, 4.69) is 22.9 Å². The summed E-state index contributed by atoms with van der Waals surface area (Å²) in [5.41, 5.74) is 6.54. The Bertz CT molecular complexity index is 311. The standard InChI is InChI=1S/C11H17N3/c1-9-4-3-7-14(9)11-6-2-5-10(8-12)13-11/h2,5-6,9H,3-4,7-8,12H2,1H3. The molecule has 14 heavy (non-hydrogen) atoms. The van der Waals surface area contributed by atoms with Gasteiger partial charge in [-0.05, 0) is 31.9 Å². The third kappa shape index (κ3) is 1.73. The summed E-state index contributed by atoms with van der Waals surface area (Å²) in [5, 5.41) is 0. The molecule has 1 saturated heterocycles.